The van der Waals surface area contributed by atoms with Crippen molar-refractivity contribution in [3.8, 4) is 11.3 Å². The first-order chi connectivity index (χ1) is 13.5. The second-order valence-electron chi connectivity index (χ2n) is 5.77. The molecule has 3 aromatic rings. The van der Waals surface area contributed by atoms with E-state index in [1.54, 1.807) is 12.4 Å². The average molecular weight is 419 g/mol. The molecular weight excluding hydrogens is 403 g/mol. The second-order valence-corrected chi connectivity index (χ2v) is 7.12. The first kappa shape index (κ1) is 19.9. The van der Waals surface area contributed by atoms with Crippen molar-refractivity contribution >= 4 is 34.8 Å². The number of hydrogen-bond donors (Lipinski definition) is 2. The van der Waals surface area contributed by atoms with Crippen LogP contribution in [0, 0.1) is 5.82 Å². The van der Waals surface area contributed by atoms with Crippen LogP contribution in [0.4, 0.5) is 4.39 Å². The van der Waals surface area contributed by atoms with Crippen LogP contribution in [-0.2, 0) is 11.3 Å². The van der Waals surface area contributed by atoms with Gasteiger partial charge in [0.1, 0.15) is 10.8 Å². The first-order valence-electron chi connectivity index (χ1n) is 8.37. The first-order valence-corrected chi connectivity index (χ1v) is 9.63. The fourth-order valence-corrected chi connectivity index (χ4v) is 3.36. The zero-order chi connectivity index (χ0) is 19.9. The van der Waals surface area contributed by atoms with Crippen molar-refractivity contribution in [3.05, 3.63) is 69.5 Å². The van der Waals surface area contributed by atoms with Gasteiger partial charge in [-0.15, -0.1) is 11.3 Å². The number of halogens is 2. The molecule has 0 unspecified atom stereocenters. The Morgan fingerprint density at radius 2 is 1.93 bits per heavy atom. The normalized spacial score (nSPS) is 10.5. The molecule has 2 amide bonds. The number of thiazole rings is 1. The Bertz CT molecular complexity index is 981. The lowest BCUT2D eigenvalue weighted by Gasteiger charge is -2.07. The van der Waals surface area contributed by atoms with Crippen LogP contribution in [0.3, 0.4) is 0 Å². The maximum atomic E-state index is 13.0. The smallest absolute Gasteiger partial charge is 0.252 e. The summed E-state index contributed by atoms with van der Waals surface area (Å²) in [5.74, 6) is -1.19. The highest BCUT2D eigenvalue weighted by Crippen LogP contribution is 2.21. The monoisotopic (exact) mass is 418 g/mol. The minimum Gasteiger partial charge on any atom is -0.351 e. The number of nitrogens with one attached hydrogen (secondary N) is 2. The molecule has 28 heavy (non-hydrogen) atoms. The highest BCUT2D eigenvalue weighted by Gasteiger charge is 2.12. The van der Waals surface area contributed by atoms with Crippen molar-refractivity contribution in [1.29, 1.82) is 0 Å². The third-order valence-electron chi connectivity index (χ3n) is 3.78. The predicted molar refractivity (Wildman–Crippen MR) is 106 cm³/mol. The van der Waals surface area contributed by atoms with E-state index in [1.807, 2.05) is 17.5 Å². The molecule has 0 aliphatic rings. The minimum absolute atomic E-state index is 0.0238. The summed E-state index contributed by atoms with van der Waals surface area (Å²) in [6.45, 7) is 0.449. The molecule has 6 nitrogen and oxygen atoms in total. The molecule has 2 heterocycles. The fourth-order valence-electron chi connectivity index (χ4n) is 2.37. The topological polar surface area (TPSA) is 84.0 Å². The van der Waals surface area contributed by atoms with E-state index < -0.39 is 11.7 Å². The van der Waals surface area contributed by atoms with E-state index in [-0.39, 0.29) is 29.5 Å². The quantitative estimate of drug-likeness (QED) is 0.615. The van der Waals surface area contributed by atoms with Crippen molar-refractivity contribution in [3.63, 3.8) is 0 Å². The molecular formula is C19H16ClFN4O2S. The fraction of sp³-hybridized carbons (Fsp3) is 0.158. The summed E-state index contributed by atoms with van der Waals surface area (Å²) in [6.07, 6.45) is 3.50. The van der Waals surface area contributed by atoms with E-state index in [0.29, 0.717) is 6.54 Å². The molecule has 1 aromatic carbocycles. The SMILES string of the molecule is O=C(CCNC(=O)c1ccc(F)cc1Cl)NCc1nc(-c2ccncc2)cs1. The van der Waals surface area contributed by atoms with E-state index in [4.69, 9.17) is 11.6 Å². The maximum Gasteiger partial charge on any atom is 0.252 e. The van der Waals surface area contributed by atoms with Gasteiger partial charge in [-0.3, -0.25) is 14.6 Å². The van der Waals surface area contributed by atoms with Gasteiger partial charge >= 0.3 is 0 Å². The van der Waals surface area contributed by atoms with Gasteiger partial charge in [0.05, 0.1) is 22.8 Å². The summed E-state index contributed by atoms with van der Waals surface area (Å²) in [7, 11) is 0. The molecule has 3 rings (SSSR count). The summed E-state index contributed by atoms with van der Waals surface area (Å²) in [4.78, 5) is 32.4. The number of pyridine rings is 1. The van der Waals surface area contributed by atoms with E-state index in [9.17, 15) is 14.0 Å². The molecule has 0 aliphatic carbocycles. The van der Waals surface area contributed by atoms with Crippen molar-refractivity contribution in [1.82, 2.24) is 20.6 Å². The van der Waals surface area contributed by atoms with E-state index in [0.717, 1.165) is 28.4 Å². The Balaban J connectivity index is 1.42. The number of benzene rings is 1. The van der Waals surface area contributed by atoms with Gasteiger partial charge in [0.25, 0.3) is 5.91 Å². The summed E-state index contributed by atoms with van der Waals surface area (Å²) in [6, 6.07) is 7.26. The van der Waals surface area contributed by atoms with Crippen LogP contribution in [0.15, 0.2) is 48.1 Å². The number of carbonyl (C=O) groups is 2. The van der Waals surface area contributed by atoms with Gasteiger partial charge in [-0.05, 0) is 30.3 Å². The van der Waals surface area contributed by atoms with Gasteiger partial charge in [0.15, 0.2) is 0 Å². The van der Waals surface area contributed by atoms with Crippen LogP contribution in [0.25, 0.3) is 11.3 Å². The van der Waals surface area contributed by atoms with Crippen molar-refractivity contribution in [2.75, 3.05) is 6.54 Å². The second kappa shape index (κ2) is 9.38. The number of rotatable bonds is 7. The highest BCUT2D eigenvalue weighted by atomic mass is 35.5. The van der Waals surface area contributed by atoms with Gasteiger partial charge in [0, 0.05) is 36.3 Å². The lowest BCUT2D eigenvalue weighted by molar-refractivity contribution is -0.121. The average Bonchev–Trinajstić information content (AvgIpc) is 3.16. The van der Waals surface area contributed by atoms with Gasteiger partial charge in [-0.25, -0.2) is 9.37 Å². The van der Waals surface area contributed by atoms with Crippen LogP contribution in [0.2, 0.25) is 5.02 Å². The third-order valence-corrected chi connectivity index (χ3v) is 4.94. The standard InChI is InChI=1S/C19H16ClFN4O2S/c20-15-9-13(21)1-2-14(15)19(27)23-8-5-17(26)24-10-18-25-16(11-28-18)12-3-6-22-7-4-12/h1-4,6-7,9,11H,5,8,10H2,(H,23,27)(H,24,26). The number of nitrogens with zero attached hydrogens (tertiary/aromatic N) is 2. The molecule has 0 radical (unpaired) electrons. The molecule has 144 valence electrons. The molecule has 0 aliphatic heterocycles. The van der Waals surface area contributed by atoms with Crippen LogP contribution in [0.1, 0.15) is 21.8 Å². The van der Waals surface area contributed by atoms with E-state index in [1.165, 1.54) is 17.4 Å². The molecule has 0 fully saturated rings. The van der Waals surface area contributed by atoms with Gasteiger partial charge in [0.2, 0.25) is 5.91 Å². The Hall–Kier alpha value is -2.84. The third kappa shape index (κ3) is 5.34. The Morgan fingerprint density at radius 1 is 1.14 bits per heavy atom. The number of aromatic nitrogens is 2. The number of hydrogen-bond acceptors (Lipinski definition) is 5. The zero-order valence-corrected chi connectivity index (χ0v) is 16.2. The van der Waals surface area contributed by atoms with Crippen LogP contribution < -0.4 is 10.6 Å². The number of amides is 2. The van der Waals surface area contributed by atoms with Gasteiger partial charge in [-0.1, -0.05) is 11.6 Å². The van der Waals surface area contributed by atoms with Crippen LogP contribution >= 0.6 is 22.9 Å². The lowest BCUT2D eigenvalue weighted by atomic mass is 10.2. The molecule has 0 saturated heterocycles. The highest BCUT2D eigenvalue weighted by molar-refractivity contribution is 7.09. The van der Waals surface area contributed by atoms with Gasteiger partial charge < -0.3 is 10.6 Å². The molecule has 0 saturated carbocycles. The largest absolute Gasteiger partial charge is 0.351 e. The van der Waals surface area contributed by atoms with Crippen molar-refractivity contribution in [2.24, 2.45) is 0 Å². The molecule has 0 spiro atoms. The minimum atomic E-state index is -0.518. The zero-order valence-electron chi connectivity index (χ0n) is 14.6. The molecule has 0 bridgehead atoms. The summed E-state index contributed by atoms with van der Waals surface area (Å²) in [5.41, 5.74) is 1.96. The summed E-state index contributed by atoms with van der Waals surface area (Å²) >= 11 is 7.29. The predicted octanol–water partition coefficient (Wildman–Crippen LogP) is 3.43. The van der Waals surface area contributed by atoms with Crippen molar-refractivity contribution in [2.45, 2.75) is 13.0 Å². The molecule has 2 aromatic heterocycles. The molecule has 2 N–H and O–H groups in total. The Kier molecular flexibility index (Phi) is 6.67. The van der Waals surface area contributed by atoms with E-state index in [2.05, 4.69) is 20.6 Å². The summed E-state index contributed by atoms with van der Waals surface area (Å²) in [5, 5.41) is 8.08. The maximum absolute atomic E-state index is 13.0. The van der Waals surface area contributed by atoms with Gasteiger partial charge in [-0.2, -0.15) is 0 Å². The van der Waals surface area contributed by atoms with Crippen LogP contribution in [-0.4, -0.2) is 28.3 Å². The molecule has 0 atom stereocenters. The summed E-state index contributed by atoms with van der Waals surface area (Å²) < 4.78 is 13.0. The van der Waals surface area contributed by atoms with Crippen LogP contribution in [0.5, 0.6) is 0 Å². The number of carbonyl (C=O) groups excluding carboxylic acids is 2. The Morgan fingerprint density at radius 3 is 2.68 bits per heavy atom. The van der Waals surface area contributed by atoms with E-state index >= 15 is 0 Å². The van der Waals surface area contributed by atoms with Crippen molar-refractivity contribution < 1.29 is 14.0 Å². The molecule has 9 heteroatoms. The Labute approximate surface area is 169 Å². The lowest BCUT2D eigenvalue weighted by Crippen LogP contribution is -2.30.